The smallest absolute Gasteiger partial charge is 0.410 e. The topological polar surface area (TPSA) is 72.4 Å². The summed E-state index contributed by atoms with van der Waals surface area (Å²) in [6.45, 7) is 1.91. The number of aromatic nitrogens is 2. The standard InChI is InChI=1S/C25H28F3N5O2.ClH/c1-34-21-8-5-16(11-22(21)35-2)19-12-23(25(26,27)28)33-24(31-19)13-20(32-33)15-3-6-17(7-4-15)30-18-9-10-29-14-18;/h3-8,11,13,18-19,23,29-31H,9-10,12,14H2,1-2H3;1H/t18-,19+,23-;/m1./s1. The second kappa shape index (κ2) is 10.5. The lowest BCUT2D eigenvalue weighted by molar-refractivity contribution is -0.173. The fourth-order valence-corrected chi connectivity index (χ4v) is 4.75. The number of rotatable bonds is 6. The molecular weight excluding hydrogens is 495 g/mol. The van der Waals surface area contributed by atoms with Crippen molar-refractivity contribution >= 4 is 23.9 Å². The number of nitrogens with one attached hydrogen (secondary N) is 3. The first-order valence-corrected chi connectivity index (χ1v) is 11.6. The van der Waals surface area contributed by atoms with Crippen LogP contribution in [-0.2, 0) is 0 Å². The van der Waals surface area contributed by atoms with E-state index in [1.54, 1.807) is 24.3 Å². The zero-order valence-electron chi connectivity index (χ0n) is 19.9. The minimum absolute atomic E-state index is 0. The number of methoxy groups -OCH3 is 2. The largest absolute Gasteiger partial charge is 0.493 e. The molecule has 0 amide bonds. The van der Waals surface area contributed by atoms with Gasteiger partial charge in [-0.05, 0) is 42.8 Å². The number of alkyl halides is 3. The van der Waals surface area contributed by atoms with Crippen molar-refractivity contribution in [1.29, 1.82) is 0 Å². The van der Waals surface area contributed by atoms with Gasteiger partial charge in [0.25, 0.3) is 0 Å². The van der Waals surface area contributed by atoms with Crippen LogP contribution in [0.5, 0.6) is 11.5 Å². The van der Waals surface area contributed by atoms with Crippen molar-refractivity contribution in [3.05, 3.63) is 54.1 Å². The minimum Gasteiger partial charge on any atom is -0.493 e. The van der Waals surface area contributed by atoms with Gasteiger partial charge in [0.1, 0.15) is 5.82 Å². The molecule has 3 heterocycles. The van der Waals surface area contributed by atoms with Gasteiger partial charge in [-0.2, -0.15) is 18.3 Å². The van der Waals surface area contributed by atoms with Gasteiger partial charge in [-0.15, -0.1) is 12.4 Å². The molecular formula is C25H29ClF3N5O2. The molecule has 11 heteroatoms. The summed E-state index contributed by atoms with van der Waals surface area (Å²) in [6.07, 6.45) is -3.58. The van der Waals surface area contributed by atoms with Crippen LogP contribution in [0.4, 0.5) is 24.7 Å². The van der Waals surface area contributed by atoms with Crippen molar-refractivity contribution in [3.8, 4) is 22.8 Å². The highest BCUT2D eigenvalue weighted by Gasteiger charge is 2.46. The van der Waals surface area contributed by atoms with Crippen molar-refractivity contribution in [1.82, 2.24) is 15.1 Å². The normalized spacial score (nSPS) is 21.2. The lowest BCUT2D eigenvalue weighted by atomic mass is 9.96. The lowest BCUT2D eigenvalue weighted by Gasteiger charge is -2.33. The van der Waals surface area contributed by atoms with Gasteiger partial charge in [-0.1, -0.05) is 18.2 Å². The van der Waals surface area contributed by atoms with Crippen LogP contribution >= 0.6 is 12.4 Å². The van der Waals surface area contributed by atoms with Crippen LogP contribution in [0, 0.1) is 0 Å². The number of fused-ring (bicyclic) bond motifs is 1. The van der Waals surface area contributed by atoms with Crippen molar-refractivity contribution in [2.45, 2.75) is 37.1 Å². The number of benzene rings is 2. The predicted molar refractivity (Wildman–Crippen MR) is 135 cm³/mol. The first-order chi connectivity index (χ1) is 16.9. The SMILES string of the molecule is COc1ccc([C@@H]2C[C@H](C(F)(F)F)n3nc(-c4ccc(N[C@@H]5CCNC5)cc4)cc3N2)cc1OC.Cl. The van der Waals surface area contributed by atoms with Gasteiger partial charge in [-0.25, -0.2) is 4.68 Å². The molecule has 2 aliphatic heterocycles. The first-order valence-electron chi connectivity index (χ1n) is 11.6. The van der Waals surface area contributed by atoms with Gasteiger partial charge in [0.2, 0.25) is 0 Å². The molecule has 0 spiro atoms. The maximum absolute atomic E-state index is 14.1. The van der Waals surface area contributed by atoms with Crippen molar-refractivity contribution in [3.63, 3.8) is 0 Å². The molecule has 0 unspecified atom stereocenters. The molecule has 3 aromatic rings. The van der Waals surface area contributed by atoms with Crippen molar-refractivity contribution < 1.29 is 22.6 Å². The van der Waals surface area contributed by atoms with Gasteiger partial charge < -0.3 is 25.4 Å². The van der Waals surface area contributed by atoms with Crippen LogP contribution in [0.1, 0.15) is 30.5 Å². The molecule has 7 nitrogen and oxygen atoms in total. The minimum atomic E-state index is -4.45. The van der Waals surface area contributed by atoms with Crippen LogP contribution < -0.4 is 25.4 Å². The zero-order chi connectivity index (χ0) is 24.6. The fourth-order valence-electron chi connectivity index (χ4n) is 4.75. The third-order valence-corrected chi connectivity index (χ3v) is 6.61. The first kappa shape index (κ1) is 26.0. The third-order valence-electron chi connectivity index (χ3n) is 6.61. The third kappa shape index (κ3) is 5.19. The van der Waals surface area contributed by atoms with E-state index in [0.29, 0.717) is 34.6 Å². The molecule has 0 aliphatic carbocycles. The van der Waals surface area contributed by atoms with Crippen LogP contribution in [0.15, 0.2) is 48.5 Å². The number of anilines is 2. The number of hydrogen-bond acceptors (Lipinski definition) is 6. The van der Waals surface area contributed by atoms with Crippen LogP contribution in [0.25, 0.3) is 11.3 Å². The van der Waals surface area contributed by atoms with Gasteiger partial charge in [0.15, 0.2) is 17.5 Å². The van der Waals surface area contributed by atoms with Gasteiger partial charge >= 0.3 is 6.18 Å². The summed E-state index contributed by atoms with van der Waals surface area (Å²) >= 11 is 0. The molecule has 3 N–H and O–H groups in total. The van der Waals surface area contributed by atoms with Gasteiger partial charge in [-0.3, -0.25) is 0 Å². The average Bonchev–Trinajstić information content (AvgIpc) is 3.52. The van der Waals surface area contributed by atoms with E-state index in [4.69, 9.17) is 9.47 Å². The molecule has 36 heavy (non-hydrogen) atoms. The molecule has 1 fully saturated rings. The molecule has 3 atom stereocenters. The summed E-state index contributed by atoms with van der Waals surface area (Å²) < 4.78 is 53.9. The van der Waals surface area contributed by atoms with E-state index >= 15 is 0 Å². The van der Waals surface area contributed by atoms with E-state index in [0.717, 1.165) is 35.4 Å². The van der Waals surface area contributed by atoms with Crippen LogP contribution in [0.2, 0.25) is 0 Å². The van der Waals surface area contributed by atoms with E-state index in [9.17, 15) is 13.2 Å². The highest BCUT2D eigenvalue weighted by atomic mass is 35.5. The predicted octanol–water partition coefficient (Wildman–Crippen LogP) is 5.42. The summed E-state index contributed by atoms with van der Waals surface area (Å²) in [5.74, 6) is 1.32. The summed E-state index contributed by atoms with van der Waals surface area (Å²) in [7, 11) is 3.02. The maximum atomic E-state index is 14.1. The van der Waals surface area contributed by atoms with Crippen LogP contribution in [0.3, 0.4) is 0 Å². The number of nitrogens with zero attached hydrogens (tertiary/aromatic N) is 2. The Hall–Kier alpha value is -3.11. The zero-order valence-corrected chi connectivity index (χ0v) is 20.7. The Labute approximate surface area is 213 Å². The van der Waals surface area contributed by atoms with Crippen LogP contribution in [-0.4, -0.2) is 49.3 Å². The summed E-state index contributed by atoms with van der Waals surface area (Å²) in [5, 5.41) is 14.4. The Bertz CT molecular complexity index is 1180. The molecule has 1 aromatic heterocycles. The van der Waals surface area contributed by atoms with E-state index in [-0.39, 0.29) is 18.8 Å². The van der Waals surface area contributed by atoms with E-state index in [1.165, 1.54) is 14.2 Å². The van der Waals surface area contributed by atoms with Crippen molar-refractivity contribution in [2.24, 2.45) is 0 Å². The van der Waals surface area contributed by atoms with E-state index in [1.807, 2.05) is 24.3 Å². The molecule has 0 saturated carbocycles. The Morgan fingerprint density at radius 2 is 1.78 bits per heavy atom. The van der Waals surface area contributed by atoms with E-state index in [2.05, 4.69) is 21.0 Å². The maximum Gasteiger partial charge on any atom is 0.410 e. The second-order valence-electron chi connectivity index (χ2n) is 8.88. The second-order valence-corrected chi connectivity index (χ2v) is 8.88. The molecule has 0 radical (unpaired) electrons. The summed E-state index contributed by atoms with van der Waals surface area (Å²) in [4.78, 5) is 0. The van der Waals surface area contributed by atoms with Gasteiger partial charge in [0.05, 0.1) is 26.0 Å². The Morgan fingerprint density at radius 1 is 1.03 bits per heavy atom. The van der Waals surface area contributed by atoms with Gasteiger partial charge in [0, 0.05) is 36.3 Å². The Kier molecular flexibility index (Phi) is 7.56. The lowest BCUT2D eigenvalue weighted by Crippen LogP contribution is -2.35. The molecule has 194 valence electrons. The Morgan fingerprint density at radius 3 is 2.42 bits per heavy atom. The number of hydrogen-bond donors (Lipinski definition) is 3. The van der Waals surface area contributed by atoms with Crippen molar-refractivity contribution in [2.75, 3.05) is 37.9 Å². The highest BCUT2D eigenvalue weighted by Crippen LogP contribution is 2.45. The summed E-state index contributed by atoms with van der Waals surface area (Å²) in [6, 6.07) is 12.5. The number of ether oxygens (including phenoxy) is 2. The average molecular weight is 524 g/mol. The molecule has 1 saturated heterocycles. The Balaban J connectivity index is 0.00000304. The summed E-state index contributed by atoms with van der Waals surface area (Å²) in [5.41, 5.74) is 2.91. The van der Waals surface area contributed by atoms with E-state index < -0.39 is 18.3 Å². The highest BCUT2D eigenvalue weighted by molar-refractivity contribution is 5.85. The molecule has 0 bridgehead atoms. The molecule has 5 rings (SSSR count). The monoisotopic (exact) mass is 523 g/mol. The fraction of sp³-hybridized carbons (Fsp3) is 0.400. The molecule has 2 aromatic carbocycles. The molecule has 2 aliphatic rings. The quantitative estimate of drug-likeness (QED) is 0.400. The number of halogens is 4.